The zero-order valence-corrected chi connectivity index (χ0v) is 15.8. The summed E-state index contributed by atoms with van der Waals surface area (Å²) in [5.41, 5.74) is 2.65. The van der Waals surface area contributed by atoms with Crippen molar-refractivity contribution < 1.29 is 9.53 Å². The first kappa shape index (κ1) is 18.1. The number of likely N-dealkylation sites (tertiary alicyclic amines) is 1. The maximum absolute atomic E-state index is 12.8. The predicted molar refractivity (Wildman–Crippen MR) is 105 cm³/mol. The van der Waals surface area contributed by atoms with Crippen molar-refractivity contribution in [1.29, 1.82) is 0 Å². The van der Waals surface area contributed by atoms with Gasteiger partial charge >= 0.3 is 0 Å². The van der Waals surface area contributed by atoms with E-state index in [4.69, 9.17) is 4.74 Å². The first-order chi connectivity index (χ1) is 13.7. The van der Waals surface area contributed by atoms with Gasteiger partial charge in [0.05, 0.1) is 11.9 Å². The fourth-order valence-corrected chi connectivity index (χ4v) is 3.49. The van der Waals surface area contributed by atoms with Crippen LogP contribution in [0.25, 0.3) is 0 Å². The minimum Gasteiger partial charge on any atom is -0.437 e. The molecule has 1 saturated heterocycles. The van der Waals surface area contributed by atoms with E-state index in [0.29, 0.717) is 18.0 Å². The van der Waals surface area contributed by atoms with Gasteiger partial charge in [-0.05, 0) is 49.6 Å². The Morgan fingerprint density at radius 3 is 2.82 bits per heavy atom. The maximum Gasteiger partial charge on any atom is 0.253 e. The normalized spacial score (nSPS) is 16.6. The molecule has 1 aliphatic heterocycles. The number of piperidine rings is 1. The van der Waals surface area contributed by atoms with E-state index >= 15 is 0 Å². The van der Waals surface area contributed by atoms with Crippen molar-refractivity contribution >= 4 is 5.91 Å². The third-order valence-corrected chi connectivity index (χ3v) is 4.90. The summed E-state index contributed by atoms with van der Waals surface area (Å²) in [6, 6.07) is 11.3. The fourth-order valence-electron chi connectivity index (χ4n) is 3.49. The Balaban J connectivity index is 1.48. The number of benzene rings is 1. The average Bonchev–Trinajstić information content (AvgIpc) is 2.74. The number of amides is 1. The number of carbonyl (C=O) groups is 1. The topological polar surface area (TPSA) is 68.2 Å². The lowest BCUT2D eigenvalue weighted by Gasteiger charge is -2.32. The molecule has 0 bridgehead atoms. The third kappa shape index (κ3) is 4.17. The number of pyridine rings is 1. The number of aromatic nitrogens is 3. The number of hydrogen-bond donors (Lipinski definition) is 0. The molecule has 3 aromatic rings. The van der Waals surface area contributed by atoms with Crippen LogP contribution in [0, 0.1) is 6.92 Å². The molecule has 1 atom stereocenters. The predicted octanol–water partition coefficient (Wildman–Crippen LogP) is 3.99. The van der Waals surface area contributed by atoms with E-state index in [-0.39, 0.29) is 11.8 Å². The summed E-state index contributed by atoms with van der Waals surface area (Å²) in [6.07, 6.45) is 8.59. The Kier molecular flexibility index (Phi) is 5.28. The molecule has 2 aromatic heterocycles. The second kappa shape index (κ2) is 8.17. The minimum absolute atomic E-state index is 0.0345. The van der Waals surface area contributed by atoms with Crippen LogP contribution in [0.15, 0.2) is 61.2 Å². The number of aryl methyl sites for hydroxylation is 1. The van der Waals surface area contributed by atoms with Gasteiger partial charge in [0.2, 0.25) is 5.88 Å². The molecule has 0 unspecified atom stereocenters. The number of nitrogens with zero attached hydrogens (tertiary/aromatic N) is 4. The number of hydrogen-bond acceptors (Lipinski definition) is 5. The standard InChI is InChI=1S/C22H22N4O2/c1-16-4-2-6-19(12-16)28-21-14-24-13-20(25-21)18-5-3-11-26(15-18)22(27)17-7-9-23-10-8-17/h2,4,6-10,12-14,18H,3,5,11,15H2,1H3/t18-/m1/s1. The maximum atomic E-state index is 12.8. The van der Waals surface area contributed by atoms with Gasteiger partial charge in [0.25, 0.3) is 5.91 Å². The highest BCUT2D eigenvalue weighted by Gasteiger charge is 2.26. The second-order valence-corrected chi connectivity index (χ2v) is 7.03. The van der Waals surface area contributed by atoms with Crippen molar-refractivity contribution in [2.75, 3.05) is 13.1 Å². The van der Waals surface area contributed by atoms with Crippen LogP contribution in [0.4, 0.5) is 0 Å². The number of rotatable bonds is 4. The van der Waals surface area contributed by atoms with Gasteiger partial charge in [0, 0.05) is 43.2 Å². The van der Waals surface area contributed by atoms with Crippen molar-refractivity contribution in [2.24, 2.45) is 0 Å². The lowest BCUT2D eigenvalue weighted by atomic mass is 9.94. The van der Waals surface area contributed by atoms with Crippen molar-refractivity contribution in [3.8, 4) is 11.6 Å². The molecule has 3 heterocycles. The summed E-state index contributed by atoms with van der Waals surface area (Å²) >= 11 is 0. The molecule has 4 rings (SSSR count). The van der Waals surface area contributed by atoms with Gasteiger partial charge in [-0.1, -0.05) is 12.1 Å². The van der Waals surface area contributed by atoms with Crippen molar-refractivity contribution in [2.45, 2.75) is 25.7 Å². The SMILES string of the molecule is Cc1cccc(Oc2cncc([C@@H]3CCCN(C(=O)c4ccncc4)C3)n2)c1. The van der Waals surface area contributed by atoms with Gasteiger partial charge in [-0.25, -0.2) is 4.98 Å². The largest absolute Gasteiger partial charge is 0.437 e. The van der Waals surface area contributed by atoms with Gasteiger partial charge in [-0.2, -0.15) is 0 Å². The van der Waals surface area contributed by atoms with E-state index in [1.54, 1.807) is 36.9 Å². The average molecular weight is 374 g/mol. The Labute approximate surface area is 164 Å². The number of ether oxygens (including phenoxy) is 1. The molecule has 6 nitrogen and oxygen atoms in total. The smallest absolute Gasteiger partial charge is 0.253 e. The van der Waals surface area contributed by atoms with E-state index in [9.17, 15) is 4.79 Å². The second-order valence-electron chi connectivity index (χ2n) is 7.03. The fraction of sp³-hybridized carbons (Fsp3) is 0.273. The van der Waals surface area contributed by atoms with Gasteiger partial charge in [-0.3, -0.25) is 14.8 Å². The molecule has 0 aliphatic carbocycles. The van der Waals surface area contributed by atoms with Crippen LogP contribution in [0.3, 0.4) is 0 Å². The van der Waals surface area contributed by atoms with Gasteiger partial charge < -0.3 is 9.64 Å². The summed E-state index contributed by atoms with van der Waals surface area (Å²) in [4.78, 5) is 27.6. The minimum atomic E-state index is 0.0345. The molecule has 1 aromatic carbocycles. The van der Waals surface area contributed by atoms with E-state index in [2.05, 4.69) is 15.0 Å². The quantitative estimate of drug-likeness (QED) is 0.691. The molecular weight excluding hydrogens is 352 g/mol. The van der Waals surface area contributed by atoms with Crippen molar-refractivity contribution in [3.05, 3.63) is 78.0 Å². The lowest BCUT2D eigenvalue weighted by molar-refractivity contribution is 0.0705. The molecule has 1 amide bonds. The molecule has 28 heavy (non-hydrogen) atoms. The van der Waals surface area contributed by atoms with Crippen LogP contribution in [-0.4, -0.2) is 38.8 Å². The summed E-state index contributed by atoms with van der Waals surface area (Å²) in [5.74, 6) is 1.39. The number of carbonyl (C=O) groups excluding carboxylic acids is 1. The van der Waals surface area contributed by atoms with Gasteiger partial charge in [0.15, 0.2) is 0 Å². The van der Waals surface area contributed by atoms with E-state index in [1.165, 1.54) is 0 Å². The van der Waals surface area contributed by atoms with Gasteiger partial charge in [-0.15, -0.1) is 0 Å². The summed E-state index contributed by atoms with van der Waals surface area (Å²) in [7, 11) is 0. The highest BCUT2D eigenvalue weighted by Crippen LogP contribution is 2.28. The lowest BCUT2D eigenvalue weighted by Crippen LogP contribution is -2.39. The molecule has 0 radical (unpaired) electrons. The first-order valence-corrected chi connectivity index (χ1v) is 9.45. The third-order valence-electron chi connectivity index (χ3n) is 4.90. The van der Waals surface area contributed by atoms with E-state index in [1.807, 2.05) is 36.1 Å². The summed E-state index contributed by atoms with van der Waals surface area (Å²) < 4.78 is 5.87. The summed E-state index contributed by atoms with van der Waals surface area (Å²) in [6.45, 7) is 3.40. The van der Waals surface area contributed by atoms with Crippen molar-refractivity contribution in [3.63, 3.8) is 0 Å². The van der Waals surface area contributed by atoms with Crippen LogP contribution in [0.5, 0.6) is 11.6 Å². The molecule has 0 spiro atoms. The molecule has 1 aliphatic rings. The Morgan fingerprint density at radius 1 is 1.14 bits per heavy atom. The molecule has 142 valence electrons. The zero-order chi connectivity index (χ0) is 19.3. The van der Waals surface area contributed by atoms with E-state index < -0.39 is 0 Å². The molecule has 0 N–H and O–H groups in total. The monoisotopic (exact) mass is 374 g/mol. The van der Waals surface area contributed by atoms with Crippen LogP contribution in [0.2, 0.25) is 0 Å². The van der Waals surface area contributed by atoms with Crippen LogP contribution >= 0.6 is 0 Å². The first-order valence-electron chi connectivity index (χ1n) is 9.45. The van der Waals surface area contributed by atoms with Crippen molar-refractivity contribution in [1.82, 2.24) is 19.9 Å². The summed E-state index contributed by atoms with van der Waals surface area (Å²) in [5, 5.41) is 0. The Bertz CT molecular complexity index is 962. The van der Waals surface area contributed by atoms with Crippen LogP contribution in [0.1, 0.15) is 40.4 Å². The van der Waals surface area contributed by atoms with E-state index in [0.717, 1.165) is 36.4 Å². The molecular formula is C22H22N4O2. The highest BCUT2D eigenvalue weighted by atomic mass is 16.5. The molecule has 1 fully saturated rings. The Morgan fingerprint density at radius 2 is 2.00 bits per heavy atom. The van der Waals surface area contributed by atoms with Crippen LogP contribution in [-0.2, 0) is 0 Å². The molecule has 6 heteroatoms. The van der Waals surface area contributed by atoms with Gasteiger partial charge in [0.1, 0.15) is 5.75 Å². The highest BCUT2D eigenvalue weighted by molar-refractivity contribution is 5.94. The van der Waals surface area contributed by atoms with Crippen LogP contribution < -0.4 is 4.74 Å². The molecule has 0 saturated carbocycles. The zero-order valence-electron chi connectivity index (χ0n) is 15.8. The Hall–Kier alpha value is -3.28.